The van der Waals surface area contributed by atoms with Crippen molar-refractivity contribution in [1.29, 1.82) is 0 Å². The lowest BCUT2D eigenvalue weighted by molar-refractivity contribution is -0.139. The fraction of sp³-hybridized carbons (Fsp3) is 0.154. The van der Waals surface area contributed by atoms with Crippen LogP contribution in [-0.4, -0.2) is 36.2 Å². The molecule has 0 unspecified atom stereocenters. The first-order valence-electron chi connectivity index (χ1n) is 5.19. The van der Waals surface area contributed by atoms with Crippen molar-refractivity contribution in [2.75, 3.05) is 13.2 Å². The first-order valence-corrected chi connectivity index (χ1v) is 5.19. The molecule has 0 aromatic rings. The number of carbonyl (C=O) groups is 3. The molecule has 1 N–H and O–H groups in total. The van der Waals surface area contributed by atoms with Crippen molar-refractivity contribution < 1.29 is 29.0 Å². The molecule has 0 bridgehead atoms. The number of esters is 2. The Morgan fingerprint density at radius 3 is 2.11 bits per heavy atom. The predicted octanol–water partition coefficient (Wildman–Crippen LogP) is 1.01. The maximum Gasteiger partial charge on any atom is 0.338 e. The standard InChI is InChI=1S/C13H14O6/c1-3-7-18-12(16)9-10(5-6-11(14)15)13(17)19-8-4-2/h3-6,9H,1-2,7-8H2,(H,14,15)/b6-5?,10-9-. The van der Waals surface area contributed by atoms with Gasteiger partial charge < -0.3 is 14.6 Å². The van der Waals surface area contributed by atoms with E-state index in [4.69, 9.17) is 9.84 Å². The Morgan fingerprint density at radius 2 is 1.58 bits per heavy atom. The summed E-state index contributed by atoms with van der Waals surface area (Å²) in [6.07, 6.45) is 5.19. The zero-order valence-corrected chi connectivity index (χ0v) is 10.2. The monoisotopic (exact) mass is 266 g/mol. The highest BCUT2D eigenvalue weighted by Crippen LogP contribution is 2.02. The summed E-state index contributed by atoms with van der Waals surface area (Å²) in [7, 11) is 0. The third-order valence-electron chi connectivity index (χ3n) is 1.59. The van der Waals surface area contributed by atoms with E-state index < -0.39 is 17.9 Å². The van der Waals surface area contributed by atoms with Crippen LogP contribution in [0.25, 0.3) is 0 Å². The van der Waals surface area contributed by atoms with Gasteiger partial charge in [-0.3, -0.25) is 0 Å². The van der Waals surface area contributed by atoms with E-state index in [2.05, 4.69) is 17.9 Å². The first-order chi connectivity index (χ1) is 9.01. The smallest absolute Gasteiger partial charge is 0.338 e. The Balaban J connectivity index is 4.92. The van der Waals surface area contributed by atoms with E-state index in [1.165, 1.54) is 12.2 Å². The van der Waals surface area contributed by atoms with Gasteiger partial charge in [-0.2, -0.15) is 0 Å². The maximum absolute atomic E-state index is 11.5. The Kier molecular flexibility index (Phi) is 8.10. The predicted molar refractivity (Wildman–Crippen MR) is 67.2 cm³/mol. The lowest BCUT2D eigenvalue weighted by atomic mass is 10.2. The molecule has 6 nitrogen and oxygen atoms in total. The molecule has 19 heavy (non-hydrogen) atoms. The van der Waals surface area contributed by atoms with E-state index in [0.717, 1.165) is 12.2 Å². The molecule has 0 spiro atoms. The van der Waals surface area contributed by atoms with Gasteiger partial charge in [0, 0.05) is 12.2 Å². The third-order valence-corrected chi connectivity index (χ3v) is 1.59. The lowest BCUT2D eigenvalue weighted by Gasteiger charge is -2.02. The molecule has 0 atom stereocenters. The van der Waals surface area contributed by atoms with Crippen molar-refractivity contribution in [3.05, 3.63) is 49.1 Å². The molecule has 0 aliphatic rings. The SMILES string of the molecule is C=CCOC(=O)/C=C(/C=CC(=O)O)C(=O)OCC=C. The Labute approximate surface area is 110 Å². The number of carbonyl (C=O) groups excluding carboxylic acids is 2. The van der Waals surface area contributed by atoms with Crippen LogP contribution in [0.15, 0.2) is 49.1 Å². The van der Waals surface area contributed by atoms with Crippen LogP contribution in [-0.2, 0) is 23.9 Å². The number of carboxylic acids is 1. The average Bonchev–Trinajstić information content (AvgIpc) is 2.38. The number of hydrogen-bond acceptors (Lipinski definition) is 5. The van der Waals surface area contributed by atoms with Crippen molar-refractivity contribution in [3.8, 4) is 0 Å². The highest BCUT2D eigenvalue weighted by Gasteiger charge is 2.11. The zero-order valence-electron chi connectivity index (χ0n) is 10.2. The summed E-state index contributed by atoms with van der Waals surface area (Å²) in [5.74, 6) is -2.92. The van der Waals surface area contributed by atoms with Crippen molar-refractivity contribution in [1.82, 2.24) is 0 Å². The van der Waals surface area contributed by atoms with Gasteiger partial charge in [0.1, 0.15) is 13.2 Å². The van der Waals surface area contributed by atoms with Crippen LogP contribution in [0.4, 0.5) is 0 Å². The quantitative estimate of drug-likeness (QED) is 0.305. The van der Waals surface area contributed by atoms with E-state index >= 15 is 0 Å². The zero-order chi connectivity index (χ0) is 14.7. The molecule has 102 valence electrons. The van der Waals surface area contributed by atoms with Crippen molar-refractivity contribution in [2.24, 2.45) is 0 Å². The van der Waals surface area contributed by atoms with Gasteiger partial charge in [-0.05, 0) is 6.08 Å². The van der Waals surface area contributed by atoms with Gasteiger partial charge >= 0.3 is 17.9 Å². The number of ether oxygens (including phenoxy) is 2. The number of hydrogen-bond donors (Lipinski definition) is 1. The van der Waals surface area contributed by atoms with Crippen molar-refractivity contribution in [3.63, 3.8) is 0 Å². The largest absolute Gasteiger partial charge is 0.478 e. The van der Waals surface area contributed by atoms with Crippen molar-refractivity contribution >= 4 is 17.9 Å². The molecular formula is C13H14O6. The minimum absolute atomic E-state index is 0.0209. The van der Waals surface area contributed by atoms with Gasteiger partial charge in [0.25, 0.3) is 0 Å². The Bertz CT molecular complexity index is 430. The van der Waals surface area contributed by atoms with E-state index in [-0.39, 0.29) is 18.8 Å². The molecule has 0 saturated carbocycles. The molecule has 6 heteroatoms. The second kappa shape index (κ2) is 9.41. The summed E-state index contributed by atoms with van der Waals surface area (Å²) in [4.78, 5) is 33.2. The maximum atomic E-state index is 11.5. The first kappa shape index (κ1) is 16.4. The molecular weight excluding hydrogens is 252 g/mol. The second-order valence-corrected chi connectivity index (χ2v) is 3.08. The summed E-state index contributed by atoms with van der Waals surface area (Å²) >= 11 is 0. The fourth-order valence-electron chi connectivity index (χ4n) is 0.864. The van der Waals surface area contributed by atoms with Crippen LogP contribution in [0.1, 0.15) is 0 Å². The second-order valence-electron chi connectivity index (χ2n) is 3.08. The van der Waals surface area contributed by atoms with Gasteiger partial charge in [0.15, 0.2) is 0 Å². The fourth-order valence-corrected chi connectivity index (χ4v) is 0.864. The van der Waals surface area contributed by atoms with Crippen LogP contribution in [0, 0.1) is 0 Å². The minimum Gasteiger partial charge on any atom is -0.478 e. The van der Waals surface area contributed by atoms with Gasteiger partial charge in [0.2, 0.25) is 0 Å². The molecule has 0 amide bonds. The average molecular weight is 266 g/mol. The van der Waals surface area contributed by atoms with Gasteiger partial charge in [-0.15, -0.1) is 0 Å². The topological polar surface area (TPSA) is 89.9 Å². The van der Waals surface area contributed by atoms with E-state index in [9.17, 15) is 14.4 Å². The van der Waals surface area contributed by atoms with Crippen LogP contribution in [0.5, 0.6) is 0 Å². The van der Waals surface area contributed by atoms with Crippen LogP contribution < -0.4 is 0 Å². The van der Waals surface area contributed by atoms with Crippen LogP contribution >= 0.6 is 0 Å². The summed E-state index contributed by atoms with van der Waals surface area (Å²) < 4.78 is 9.33. The highest BCUT2D eigenvalue weighted by molar-refractivity contribution is 5.99. The van der Waals surface area contributed by atoms with Gasteiger partial charge in [-0.1, -0.05) is 25.3 Å². The summed E-state index contributed by atoms with van der Waals surface area (Å²) in [5.41, 5.74) is -0.238. The Hall–Kier alpha value is -2.63. The van der Waals surface area contributed by atoms with Gasteiger partial charge in [0.05, 0.1) is 5.57 Å². The van der Waals surface area contributed by atoms with Crippen LogP contribution in [0.3, 0.4) is 0 Å². The molecule has 0 fully saturated rings. The van der Waals surface area contributed by atoms with E-state index in [1.54, 1.807) is 0 Å². The van der Waals surface area contributed by atoms with Crippen molar-refractivity contribution in [2.45, 2.75) is 0 Å². The number of carboxylic acid groups (broad SMARTS) is 1. The van der Waals surface area contributed by atoms with Gasteiger partial charge in [-0.25, -0.2) is 14.4 Å². The van der Waals surface area contributed by atoms with E-state index in [1.807, 2.05) is 0 Å². The molecule has 0 aromatic heterocycles. The summed E-state index contributed by atoms with van der Waals surface area (Å²) in [5, 5.41) is 8.48. The van der Waals surface area contributed by atoms with E-state index in [0.29, 0.717) is 6.08 Å². The molecule has 0 saturated heterocycles. The highest BCUT2D eigenvalue weighted by atomic mass is 16.5. The number of rotatable bonds is 8. The van der Waals surface area contributed by atoms with Crippen LogP contribution in [0.2, 0.25) is 0 Å². The Morgan fingerprint density at radius 1 is 1.00 bits per heavy atom. The molecule has 0 aliphatic heterocycles. The third kappa shape index (κ3) is 8.14. The summed E-state index contributed by atoms with van der Waals surface area (Å²) in [6.45, 7) is 6.63. The summed E-state index contributed by atoms with van der Waals surface area (Å²) in [6, 6.07) is 0. The normalized spacial score (nSPS) is 10.8. The number of aliphatic carboxylic acids is 1. The molecule has 0 radical (unpaired) electrons. The minimum atomic E-state index is -1.26. The lowest BCUT2D eigenvalue weighted by Crippen LogP contribution is -2.10. The molecule has 0 rings (SSSR count). The molecule has 0 aliphatic carbocycles. The molecule has 0 aromatic carbocycles. The molecule has 0 heterocycles.